The number of imidazole rings is 1. The molecule has 3 aromatic rings. The summed E-state index contributed by atoms with van der Waals surface area (Å²) in [5.74, 6) is 0.733. The minimum Gasteiger partial charge on any atom is -0.465 e. The van der Waals surface area contributed by atoms with Crippen LogP contribution >= 0.6 is 0 Å². The smallest absolute Gasteiger partial charge is 0.410 e. The molecule has 1 aromatic carbocycles. The van der Waals surface area contributed by atoms with E-state index in [-0.39, 0.29) is 29.5 Å². The van der Waals surface area contributed by atoms with Crippen molar-refractivity contribution in [3.63, 3.8) is 0 Å². The van der Waals surface area contributed by atoms with E-state index in [9.17, 15) is 14.7 Å². The molecule has 0 bridgehead atoms. The molecule has 0 radical (unpaired) electrons. The number of fused-ring (bicyclic) bond motifs is 1. The lowest BCUT2D eigenvalue weighted by molar-refractivity contribution is 0.173. The Hall–Kier alpha value is -3.44. The molecule has 194 valence electrons. The average molecular weight is 498 g/mol. The molecule has 0 unspecified atom stereocenters. The van der Waals surface area contributed by atoms with Crippen molar-refractivity contribution < 1.29 is 14.6 Å². The molecule has 11 heteroatoms. The Balaban J connectivity index is 1.50. The monoisotopic (exact) mass is 497 g/mol. The Labute approximate surface area is 209 Å². The first-order chi connectivity index (χ1) is 17.5. The van der Waals surface area contributed by atoms with Crippen molar-refractivity contribution in [2.45, 2.75) is 52.1 Å². The summed E-state index contributed by atoms with van der Waals surface area (Å²) >= 11 is 0. The molecule has 0 aliphatic carbocycles. The maximum atomic E-state index is 12.8. The van der Waals surface area contributed by atoms with Gasteiger partial charge in [0, 0.05) is 6.54 Å². The molecule has 0 spiro atoms. The number of likely N-dealkylation sites (tertiary alicyclic amines) is 1. The minimum atomic E-state index is -1.29. The highest BCUT2D eigenvalue weighted by molar-refractivity contribution is 5.92. The lowest BCUT2D eigenvalue weighted by Gasteiger charge is -2.31. The van der Waals surface area contributed by atoms with Gasteiger partial charge in [0.1, 0.15) is 5.52 Å². The first-order valence-corrected chi connectivity index (χ1v) is 12.6. The van der Waals surface area contributed by atoms with Gasteiger partial charge in [0.15, 0.2) is 11.5 Å². The van der Waals surface area contributed by atoms with Crippen molar-refractivity contribution in [1.29, 1.82) is 0 Å². The quantitative estimate of drug-likeness (QED) is 0.295. The largest absolute Gasteiger partial charge is 0.465 e. The highest BCUT2D eigenvalue weighted by Gasteiger charge is 2.20. The SMILES string of the molecule is CCCCOc1nc(NC(=O)O)c2[nH]c(=O)n(Cc3ccc(CN4CCC(CCN)CC4)cc3)c2n1. The van der Waals surface area contributed by atoms with Crippen LogP contribution in [0.4, 0.5) is 10.6 Å². The number of aromatic amines is 1. The van der Waals surface area contributed by atoms with E-state index < -0.39 is 11.8 Å². The number of hydrogen-bond donors (Lipinski definition) is 4. The highest BCUT2D eigenvalue weighted by Crippen LogP contribution is 2.23. The van der Waals surface area contributed by atoms with Crippen molar-refractivity contribution in [3.05, 3.63) is 45.9 Å². The lowest BCUT2D eigenvalue weighted by Crippen LogP contribution is -2.33. The van der Waals surface area contributed by atoms with Crippen molar-refractivity contribution in [3.8, 4) is 6.01 Å². The summed E-state index contributed by atoms with van der Waals surface area (Å²) in [5.41, 5.74) is 7.97. The molecule has 36 heavy (non-hydrogen) atoms. The second-order valence-corrected chi connectivity index (χ2v) is 9.32. The molecule has 1 amide bonds. The van der Waals surface area contributed by atoms with Gasteiger partial charge in [-0.1, -0.05) is 37.6 Å². The van der Waals surface area contributed by atoms with E-state index in [1.165, 1.54) is 23.0 Å². The molecule has 4 rings (SSSR count). The number of unbranched alkanes of at least 4 members (excludes halogenated alkanes) is 1. The van der Waals surface area contributed by atoms with Crippen LogP contribution in [-0.2, 0) is 13.1 Å². The standard InChI is InChI=1S/C25H35N7O4/c1-2-3-14-36-23-28-21(29-25(34)35)20-22(30-23)32(24(33)27-20)16-19-6-4-18(5-7-19)15-31-12-9-17(8-11-26)10-13-31/h4-7,17H,2-3,8-16,26H2,1H3,(H,27,33)(H,34,35)(H,28,29,30). The van der Waals surface area contributed by atoms with E-state index in [1.807, 2.05) is 19.1 Å². The molecule has 1 aliphatic rings. The van der Waals surface area contributed by atoms with E-state index in [0.717, 1.165) is 56.9 Å². The predicted octanol–water partition coefficient (Wildman–Crippen LogP) is 3.00. The normalized spacial score (nSPS) is 14.8. The number of amides is 1. The summed E-state index contributed by atoms with van der Waals surface area (Å²) in [5, 5.41) is 11.4. The van der Waals surface area contributed by atoms with Gasteiger partial charge in [-0.3, -0.25) is 14.8 Å². The van der Waals surface area contributed by atoms with Gasteiger partial charge in [0.25, 0.3) is 0 Å². The van der Waals surface area contributed by atoms with Crippen LogP contribution in [-0.4, -0.2) is 61.9 Å². The molecule has 1 saturated heterocycles. The summed E-state index contributed by atoms with van der Waals surface area (Å²) in [6, 6.07) is 8.23. The van der Waals surface area contributed by atoms with Crippen molar-refractivity contribution in [1.82, 2.24) is 24.4 Å². The van der Waals surface area contributed by atoms with Crippen molar-refractivity contribution in [2.75, 3.05) is 31.6 Å². The fourth-order valence-corrected chi connectivity index (χ4v) is 4.58. The number of hydrogen-bond acceptors (Lipinski definition) is 7. The second-order valence-electron chi connectivity index (χ2n) is 9.32. The molecule has 0 atom stereocenters. The summed E-state index contributed by atoms with van der Waals surface area (Å²) in [7, 11) is 0. The molecular formula is C25H35N7O4. The average Bonchev–Trinajstić information content (AvgIpc) is 3.17. The number of anilines is 1. The molecule has 0 saturated carbocycles. The fraction of sp³-hybridized carbons (Fsp3) is 0.520. The van der Waals surface area contributed by atoms with Gasteiger partial charge >= 0.3 is 17.8 Å². The van der Waals surface area contributed by atoms with Crippen molar-refractivity contribution in [2.24, 2.45) is 11.7 Å². The zero-order chi connectivity index (χ0) is 25.5. The Morgan fingerprint density at radius 3 is 2.53 bits per heavy atom. The maximum Gasteiger partial charge on any atom is 0.410 e. The number of carbonyl (C=O) groups is 1. The van der Waals surface area contributed by atoms with E-state index in [0.29, 0.717) is 6.61 Å². The fourth-order valence-electron chi connectivity index (χ4n) is 4.58. The van der Waals surface area contributed by atoms with Gasteiger partial charge in [0.05, 0.1) is 13.2 Å². The molecule has 5 N–H and O–H groups in total. The third-order valence-corrected chi connectivity index (χ3v) is 6.61. The van der Waals surface area contributed by atoms with Crippen LogP contribution in [0.2, 0.25) is 0 Å². The van der Waals surface area contributed by atoms with Crippen LogP contribution in [0.25, 0.3) is 11.2 Å². The van der Waals surface area contributed by atoms with Gasteiger partial charge in [-0.05, 0) is 62.4 Å². The number of rotatable bonds is 11. The number of H-pyrrole nitrogens is 1. The molecule has 1 fully saturated rings. The first kappa shape index (κ1) is 25.6. The van der Waals surface area contributed by atoms with E-state index >= 15 is 0 Å². The Kier molecular flexibility index (Phi) is 8.55. The molecule has 3 heterocycles. The number of ether oxygens (including phenoxy) is 1. The van der Waals surface area contributed by atoms with Crippen LogP contribution < -0.4 is 21.5 Å². The molecule has 1 aliphatic heterocycles. The summed E-state index contributed by atoms with van der Waals surface area (Å²) < 4.78 is 7.07. The van der Waals surface area contributed by atoms with Gasteiger partial charge in [-0.15, -0.1) is 0 Å². The summed E-state index contributed by atoms with van der Waals surface area (Å²) in [6.07, 6.45) is 3.96. The van der Waals surface area contributed by atoms with E-state index in [4.69, 9.17) is 10.5 Å². The highest BCUT2D eigenvalue weighted by atomic mass is 16.5. The van der Waals surface area contributed by atoms with Gasteiger partial charge < -0.3 is 20.6 Å². The summed E-state index contributed by atoms with van der Waals surface area (Å²) in [6.45, 7) is 6.56. The number of carboxylic acid groups (broad SMARTS) is 1. The first-order valence-electron chi connectivity index (χ1n) is 12.6. The number of nitrogens with zero attached hydrogens (tertiary/aromatic N) is 4. The third kappa shape index (κ3) is 6.41. The van der Waals surface area contributed by atoms with Crippen LogP contribution in [0.3, 0.4) is 0 Å². The number of aromatic nitrogens is 4. The Morgan fingerprint density at radius 2 is 1.89 bits per heavy atom. The van der Waals surface area contributed by atoms with Crippen molar-refractivity contribution >= 4 is 23.1 Å². The van der Waals surface area contributed by atoms with E-state index in [2.05, 4.69) is 37.3 Å². The second kappa shape index (κ2) is 12.0. The Bertz CT molecular complexity index is 1210. The number of nitrogens with one attached hydrogen (secondary N) is 2. The number of benzene rings is 1. The third-order valence-electron chi connectivity index (χ3n) is 6.61. The van der Waals surface area contributed by atoms with Crippen LogP contribution in [0.15, 0.2) is 29.1 Å². The number of piperidine rings is 1. The van der Waals surface area contributed by atoms with Gasteiger partial charge in [0.2, 0.25) is 0 Å². The maximum absolute atomic E-state index is 12.8. The van der Waals surface area contributed by atoms with Gasteiger partial charge in [-0.25, -0.2) is 9.59 Å². The minimum absolute atomic E-state index is 0.0135. The zero-order valence-corrected chi connectivity index (χ0v) is 20.7. The molecule has 11 nitrogen and oxygen atoms in total. The lowest BCUT2D eigenvalue weighted by atomic mass is 9.93. The zero-order valence-electron chi connectivity index (χ0n) is 20.7. The molecular weight excluding hydrogens is 462 g/mol. The topological polar surface area (TPSA) is 151 Å². The van der Waals surface area contributed by atoms with Gasteiger partial charge in [-0.2, -0.15) is 9.97 Å². The van der Waals surface area contributed by atoms with Crippen LogP contribution in [0, 0.1) is 5.92 Å². The predicted molar refractivity (Wildman–Crippen MR) is 137 cm³/mol. The number of nitrogens with two attached hydrogens (primary N) is 1. The van der Waals surface area contributed by atoms with E-state index in [1.54, 1.807) is 0 Å². The van der Waals surface area contributed by atoms with Crippen LogP contribution in [0.5, 0.6) is 6.01 Å². The Morgan fingerprint density at radius 1 is 1.19 bits per heavy atom. The molecule has 2 aromatic heterocycles. The summed E-state index contributed by atoms with van der Waals surface area (Å²) in [4.78, 5) is 37.7. The van der Waals surface area contributed by atoms with Crippen LogP contribution in [0.1, 0.15) is 50.2 Å².